The van der Waals surface area contributed by atoms with Crippen molar-refractivity contribution in [3.63, 3.8) is 0 Å². The lowest BCUT2D eigenvalue weighted by molar-refractivity contribution is -0.153. The quantitative estimate of drug-likeness (QED) is 0.307. The van der Waals surface area contributed by atoms with Crippen LogP contribution in [-0.2, 0) is 20.9 Å². The van der Waals surface area contributed by atoms with Gasteiger partial charge in [0.1, 0.15) is 6.04 Å². The Morgan fingerprint density at radius 1 is 1.28 bits per heavy atom. The number of hydrogen-bond donors (Lipinski definition) is 0. The number of nitriles is 1. The van der Waals surface area contributed by atoms with E-state index in [1.807, 2.05) is 38.1 Å². The van der Waals surface area contributed by atoms with Gasteiger partial charge in [-0.3, -0.25) is 4.79 Å². The second kappa shape index (κ2) is 12.4. The van der Waals surface area contributed by atoms with Crippen LogP contribution in [0.5, 0.6) is 0 Å². The van der Waals surface area contributed by atoms with E-state index in [4.69, 9.17) is 10.00 Å². The van der Waals surface area contributed by atoms with E-state index in [2.05, 4.69) is 19.2 Å². The highest BCUT2D eigenvalue weighted by Crippen LogP contribution is 2.23. The van der Waals surface area contributed by atoms with Crippen LogP contribution in [0.4, 0.5) is 0 Å². The molecule has 5 heteroatoms. The number of hydrogen-bond acceptors (Lipinski definition) is 4. The number of rotatable bonds is 11. The zero-order valence-electron chi connectivity index (χ0n) is 17.6. The lowest BCUT2D eigenvalue weighted by atomic mass is 9.98. The van der Waals surface area contributed by atoms with E-state index < -0.39 is 12.0 Å². The molecule has 0 bridgehead atoms. The third-order valence-electron chi connectivity index (χ3n) is 4.66. The first-order valence-electron chi connectivity index (χ1n) is 9.82. The summed E-state index contributed by atoms with van der Waals surface area (Å²) >= 11 is 0. The molecule has 0 radical (unpaired) electrons. The fourth-order valence-electron chi connectivity index (χ4n) is 3.03. The Morgan fingerprint density at radius 3 is 2.41 bits per heavy atom. The molecule has 0 heterocycles. The van der Waals surface area contributed by atoms with E-state index in [0.29, 0.717) is 30.5 Å². The topological polar surface area (TPSA) is 70.4 Å². The highest BCUT2D eigenvalue weighted by Gasteiger charge is 2.28. The van der Waals surface area contributed by atoms with Gasteiger partial charge < -0.3 is 9.64 Å². The van der Waals surface area contributed by atoms with Crippen LogP contribution in [0.25, 0.3) is 5.57 Å². The maximum atomic E-state index is 12.8. The van der Waals surface area contributed by atoms with E-state index >= 15 is 0 Å². The number of allylic oxidation sites excluding steroid dienone is 4. The number of ether oxygens (including phenoxy) is 1. The van der Waals surface area contributed by atoms with Crippen molar-refractivity contribution in [1.29, 1.82) is 5.26 Å². The van der Waals surface area contributed by atoms with Gasteiger partial charge in [0.2, 0.25) is 5.91 Å². The van der Waals surface area contributed by atoms with Crippen LogP contribution in [0.2, 0.25) is 0 Å². The summed E-state index contributed by atoms with van der Waals surface area (Å²) in [6.07, 6.45) is 5.92. The zero-order valence-corrected chi connectivity index (χ0v) is 17.6. The van der Waals surface area contributed by atoms with Crippen molar-refractivity contribution in [2.75, 3.05) is 7.11 Å². The van der Waals surface area contributed by atoms with Gasteiger partial charge in [-0.25, -0.2) is 4.79 Å². The van der Waals surface area contributed by atoms with Gasteiger partial charge in [0.15, 0.2) is 0 Å². The number of esters is 1. The minimum atomic E-state index is -0.612. The summed E-state index contributed by atoms with van der Waals surface area (Å²) < 4.78 is 4.90. The SMILES string of the molecule is C=C/C=C(\C(=C)C#N)c1ccc(CN(C(=O)CCCC)C(CC)C(=O)OC)cc1. The molecule has 0 saturated carbocycles. The van der Waals surface area contributed by atoms with E-state index in [9.17, 15) is 9.59 Å². The molecule has 0 N–H and O–H groups in total. The van der Waals surface area contributed by atoms with Gasteiger partial charge in [-0.05, 0) is 29.5 Å². The van der Waals surface area contributed by atoms with Gasteiger partial charge in [0.25, 0.3) is 0 Å². The Hall–Kier alpha value is -3.13. The monoisotopic (exact) mass is 394 g/mol. The molecule has 5 nitrogen and oxygen atoms in total. The summed E-state index contributed by atoms with van der Waals surface area (Å²) in [5, 5.41) is 9.15. The summed E-state index contributed by atoms with van der Waals surface area (Å²) in [4.78, 5) is 26.6. The second-order valence-corrected chi connectivity index (χ2v) is 6.68. The van der Waals surface area contributed by atoms with Crippen LogP contribution >= 0.6 is 0 Å². The first-order chi connectivity index (χ1) is 13.9. The first-order valence-corrected chi connectivity index (χ1v) is 9.82. The molecule has 0 aromatic heterocycles. The number of carbonyl (C=O) groups is 2. The predicted molar refractivity (Wildman–Crippen MR) is 116 cm³/mol. The molecule has 0 aliphatic heterocycles. The van der Waals surface area contributed by atoms with Crippen molar-refractivity contribution >= 4 is 17.4 Å². The molecular weight excluding hydrogens is 364 g/mol. The molecule has 0 saturated heterocycles. The van der Waals surface area contributed by atoms with Gasteiger partial charge >= 0.3 is 5.97 Å². The van der Waals surface area contributed by atoms with Crippen molar-refractivity contribution in [2.45, 2.75) is 52.1 Å². The second-order valence-electron chi connectivity index (χ2n) is 6.68. The van der Waals surface area contributed by atoms with Crippen LogP contribution in [0, 0.1) is 11.3 Å². The smallest absolute Gasteiger partial charge is 0.328 e. The summed E-state index contributed by atoms with van der Waals surface area (Å²) in [5.41, 5.74) is 2.78. The summed E-state index contributed by atoms with van der Waals surface area (Å²) in [6.45, 7) is 11.7. The Labute approximate surface area is 174 Å². The predicted octanol–water partition coefficient (Wildman–Crippen LogP) is 4.81. The summed E-state index contributed by atoms with van der Waals surface area (Å²) in [7, 11) is 1.34. The van der Waals surface area contributed by atoms with E-state index in [1.54, 1.807) is 17.1 Å². The average molecular weight is 395 g/mol. The molecule has 1 rings (SSSR count). The average Bonchev–Trinajstić information content (AvgIpc) is 2.75. The molecule has 1 aromatic rings. The fourth-order valence-corrected chi connectivity index (χ4v) is 3.03. The maximum Gasteiger partial charge on any atom is 0.328 e. The van der Waals surface area contributed by atoms with Crippen LogP contribution < -0.4 is 0 Å². The minimum Gasteiger partial charge on any atom is -0.467 e. The molecule has 0 spiro atoms. The first kappa shape index (κ1) is 23.9. The number of carbonyl (C=O) groups excluding carboxylic acids is 2. The van der Waals surface area contributed by atoms with Crippen LogP contribution in [0.15, 0.2) is 55.1 Å². The van der Waals surface area contributed by atoms with Crippen LogP contribution in [0.3, 0.4) is 0 Å². The number of methoxy groups -OCH3 is 1. The highest BCUT2D eigenvalue weighted by molar-refractivity contribution is 5.85. The number of nitrogens with zero attached hydrogens (tertiary/aromatic N) is 2. The number of unbranched alkanes of at least 4 members (excludes halogenated alkanes) is 1. The molecule has 0 aliphatic rings. The van der Waals surface area contributed by atoms with Gasteiger partial charge in [-0.15, -0.1) is 0 Å². The fraction of sp³-hybridized carbons (Fsp3) is 0.375. The Morgan fingerprint density at radius 2 is 1.93 bits per heavy atom. The van der Waals surface area contributed by atoms with Gasteiger partial charge in [-0.1, -0.05) is 69.8 Å². The van der Waals surface area contributed by atoms with Crippen molar-refractivity contribution in [3.05, 3.63) is 66.3 Å². The molecule has 1 amide bonds. The Bertz CT molecular complexity index is 800. The van der Waals surface area contributed by atoms with Gasteiger partial charge in [0, 0.05) is 13.0 Å². The van der Waals surface area contributed by atoms with E-state index in [-0.39, 0.29) is 5.91 Å². The third kappa shape index (κ3) is 6.76. The standard InChI is InChI=1S/C24H30N2O3/c1-6-9-11-23(27)26(22(8-3)24(28)29-5)17-19-12-14-20(15-13-19)21(10-7-2)18(4)16-25/h7,10,12-15,22H,2,4,6,8-9,11,17H2,1,3,5H3/b21-10+. The Balaban J connectivity index is 3.15. The van der Waals surface area contributed by atoms with Gasteiger partial charge in [-0.2, -0.15) is 5.26 Å². The van der Waals surface area contributed by atoms with Crippen molar-refractivity contribution in [1.82, 2.24) is 4.90 Å². The van der Waals surface area contributed by atoms with Crippen LogP contribution in [0.1, 0.15) is 50.7 Å². The summed E-state index contributed by atoms with van der Waals surface area (Å²) in [5.74, 6) is -0.464. The molecular formula is C24H30N2O3. The molecule has 1 unspecified atom stereocenters. The lowest BCUT2D eigenvalue weighted by Crippen LogP contribution is -2.44. The van der Waals surface area contributed by atoms with E-state index in [0.717, 1.165) is 24.0 Å². The molecule has 1 atom stereocenters. The molecule has 0 fully saturated rings. The Kier molecular flexibility index (Phi) is 10.2. The van der Waals surface area contributed by atoms with Crippen molar-refractivity contribution in [3.8, 4) is 6.07 Å². The normalized spacial score (nSPS) is 11.9. The molecule has 0 aliphatic carbocycles. The maximum absolute atomic E-state index is 12.8. The number of benzene rings is 1. The molecule has 29 heavy (non-hydrogen) atoms. The minimum absolute atomic E-state index is 0.0572. The molecule has 1 aromatic carbocycles. The summed E-state index contributed by atoms with van der Waals surface area (Å²) in [6, 6.07) is 8.98. The van der Waals surface area contributed by atoms with Crippen molar-refractivity contribution < 1.29 is 14.3 Å². The third-order valence-corrected chi connectivity index (χ3v) is 4.66. The van der Waals surface area contributed by atoms with Gasteiger partial charge in [0.05, 0.1) is 18.8 Å². The largest absolute Gasteiger partial charge is 0.467 e. The van der Waals surface area contributed by atoms with E-state index in [1.165, 1.54) is 7.11 Å². The lowest BCUT2D eigenvalue weighted by Gasteiger charge is -2.29. The highest BCUT2D eigenvalue weighted by atomic mass is 16.5. The number of amides is 1. The van der Waals surface area contributed by atoms with Crippen molar-refractivity contribution in [2.24, 2.45) is 0 Å². The molecule has 154 valence electrons. The van der Waals surface area contributed by atoms with Crippen LogP contribution in [-0.4, -0.2) is 29.9 Å². The zero-order chi connectivity index (χ0) is 21.8.